The van der Waals surface area contributed by atoms with Crippen LogP contribution < -0.4 is 0 Å². The van der Waals surface area contributed by atoms with E-state index >= 15 is 0 Å². The predicted octanol–water partition coefficient (Wildman–Crippen LogP) is 2.97. The lowest BCUT2D eigenvalue weighted by molar-refractivity contribution is -0.133. The number of rotatable bonds is 1. The summed E-state index contributed by atoms with van der Waals surface area (Å²) >= 11 is 0. The molecule has 0 saturated carbocycles. The Hall–Kier alpha value is -1.78. The largest absolute Gasteiger partial charge is 0.478 e. The van der Waals surface area contributed by atoms with Crippen molar-refractivity contribution in [3.63, 3.8) is 0 Å². The zero-order valence-electron chi connectivity index (χ0n) is 13.1. The van der Waals surface area contributed by atoms with Crippen LogP contribution in [-0.4, -0.2) is 40.8 Å². The highest BCUT2D eigenvalue weighted by Crippen LogP contribution is 2.43. The van der Waals surface area contributed by atoms with Gasteiger partial charge in [0.1, 0.15) is 5.60 Å². The molecule has 2 rings (SSSR count). The van der Waals surface area contributed by atoms with Gasteiger partial charge in [-0.1, -0.05) is 19.1 Å². The molecule has 0 spiro atoms. The lowest BCUT2D eigenvalue weighted by Crippen LogP contribution is -2.46. The highest BCUT2D eigenvalue weighted by molar-refractivity contribution is 5.87. The summed E-state index contributed by atoms with van der Waals surface area (Å²) in [6.45, 7) is 8.72. The van der Waals surface area contributed by atoms with Crippen molar-refractivity contribution < 1.29 is 19.4 Å². The molecule has 0 radical (unpaired) electrons. The van der Waals surface area contributed by atoms with Gasteiger partial charge in [0.15, 0.2) is 0 Å². The molecule has 0 aromatic carbocycles. The van der Waals surface area contributed by atoms with Gasteiger partial charge in [-0.05, 0) is 44.6 Å². The lowest BCUT2D eigenvalue weighted by atomic mass is 9.69. The van der Waals surface area contributed by atoms with E-state index in [0.29, 0.717) is 25.1 Å². The summed E-state index contributed by atoms with van der Waals surface area (Å²) in [7, 11) is 0. The third-order valence-corrected chi connectivity index (χ3v) is 4.06. The van der Waals surface area contributed by atoms with Crippen LogP contribution in [0.15, 0.2) is 23.3 Å². The first-order valence-electron chi connectivity index (χ1n) is 7.22. The predicted molar refractivity (Wildman–Crippen MR) is 78.9 cm³/mol. The Kier molecular flexibility index (Phi) is 3.87. The van der Waals surface area contributed by atoms with E-state index in [9.17, 15) is 9.59 Å². The summed E-state index contributed by atoms with van der Waals surface area (Å²) in [5.74, 6) is -0.860. The Labute approximate surface area is 125 Å². The van der Waals surface area contributed by atoms with Crippen LogP contribution in [0.3, 0.4) is 0 Å². The van der Waals surface area contributed by atoms with Crippen molar-refractivity contribution in [2.45, 2.75) is 46.1 Å². The van der Waals surface area contributed by atoms with E-state index in [0.717, 1.165) is 12.0 Å². The van der Waals surface area contributed by atoms with Gasteiger partial charge in [0.2, 0.25) is 0 Å². The number of amides is 1. The number of carboxylic acid groups (broad SMARTS) is 1. The monoisotopic (exact) mass is 293 g/mol. The first kappa shape index (κ1) is 15.6. The minimum atomic E-state index is -0.860. The molecule has 1 heterocycles. The molecule has 0 aromatic heterocycles. The van der Waals surface area contributed by atoms with Gasteiger partial charge in [0.25, 0.3) is 0 Å². The van der Waals surface area contributed by atoms with Crippen molar-refractivity contribution in [2.24, 2.45) is 5.41 Å². The summed E-state index contributed by atoms with van der Waals surface area (Å²) in [5.41, 5.74) is 0.868. The molecule has 1 atom stereocenters. The molecule has 1 N–H and O–H groups in total. The zero-order valence-corrected chi connectivity index (χ0v) is 13.1. The molecule has 116 valence electrons. The maximum absolute atomic E-state index is 12.1. The average molecular weight is 293 g/mol. The van der Waals surface area contributed by atoms with Crippen molar-refractivity contribution >= 4 is 12.1 Å². The van der Waals surface area contributed by atoms with Crippen LogP contribution in [0.4, 0.5) is 4.79 Å². The Bertz CT molecular complexity index is 527. The Morgan fingerprint density at radius 3 is 2.57 bits per heavy atom. The number of carbonyl (C=O) groups excluding carboxylic acids is 1. The third-order valence-electron chi connectivity index (χ3n) is 4.06. The quantitative estimate of drug-likeness (QED) is 0.807. The molecule has 1 unspecified atom stereocenters. The van der Waals surface area contributed by atoms with E-state index in [1.807, 2.05) is 26.8 Å². The second-order valence-corrected chi connectivity index (χ2v) is 7.08. The molecule has 21 heavy (non-hydrogen) atoms. The minimum Gasteiger partial charge on any atom is -0.478 e. The van der Waals surface area contributed by atoms with E-state index in [-0.39, 0.29) is 11.5 Å². The number of fused-ring (bicyclic) bond motifs is 1. The number of allylic oxidation sites excluding steroid dienone is 2. The molecule has 1 fully saturated rings. The number of carboxylic acids is 1. The van der Waals surface area contributed by atoms with E-state index in [4.69, 9.17) is 9.84 Å². The highest BCUT2D eigenvalue weighted by Gasteiger charge is 2.40. The number of likely N-dealkylation sites (tertiary alicyclic amines) is 1. The smallest absolute Gasteiger partial charge is 0.410 e. The number of carbonyl (C=O) groups is 2. The molecule has 1 amide bonds. The van der Waals surface area contributed by atoms with Crippen LogP contribution in [0.25, 0.3) is 0 Å². The van der Waals surface area contributed by atoms with Crippen molar-refractivity contribution in [3.8, 4) is 0 Å². The third kappa shape index (κ3) is 3.46. The maximum Gasteiger partial charge on any atom is 0.410 e. The zero-order chi connectivity index (χ0) is 15.8. The average Bonchev–Trinajstić information content (AvgIpc) is 2.34. The van der Waals surface area contributed by atoms with Gasteiger partial charge in [-0.25, -0.2) is 9.59 Å². The number of hydrogen-bond donors (Lipinski definition) is 1. The summed E-state index contributed by atoms with van der Waals surface area (Å²) in [6.07, 6.45) is 4.47. The van der Waals surface area contributed by atoms with Crippen LogP contribution in [0.2, 0.25) is 0 Å². The second kappa shape index (κ2) is 5.20. The maximum atomic E-state index is 12.1. The number of aliphatic carboxylic acids is 1. The second-order valence-electron chi connectivity index (χ2n) is 7.08. The van der Waals surface area contributed by atoms with E-state index in [1.54, 1.807) is 11.0 Å². The Morgan fingerprint density at radius 2 is 2.00 bits per heavy atom. The van der Waals surface area contributed by atoms with Crippen LogP contribution >= 0.6 is 0 Å². The van der Waals surface area contributed by atoms with Gasteiger partial charge in [0.05, 0.1) is 0 Å². The number of ether oxygens (including phenoxy) is 1. The van der Waals surface area contributed by atoms with Crippen molar-refractivity contribution in [1.82, 2.24) is 4.90 Å². The van der Waals surface area contributed by atoms with Gasteiger partial charge in [0, 0.05) is 18.7 Å². The van der Waals surface area contributed by atoms with Gasteiger partial charge in [-0.3, -0.25) is 0 Å². The summed E-state index contributed by atoms with van der Waals surface area (Å²) in [5, 5.41) is 9.13. The van der Waals surface area contributed by atoms with Crippen molar-refractivity contribution in [3.05, 3.63) is 23.3 Å². The first-order valence-corrected chi connectivity index (χ1v) is 7.22. The molecule has 5 heteroatoms. The van der Waals surface area contributed by atoms with E-state index in [2.05, 4.69) is 6.92 Å². The lowest BCUT2D eigenvalue weighted by Gasteiger charge is -2.43. The molecular weight excluding hydrogens is 270 g/mol. The molecule has 1 aliphatic carbocycles. The van der Waals surface area contributed by atoms with Crippen LogP contribution in [0, 0.1) is 5.41 Å². The van der Waals surface area contributed by atoms with Gasteiger partial charge >= 0.3 is 12.1 Å². The van der Waals surface area contributed by atoms with Crippen LogP contribution in [0.5, 0.6) is 0 Å². The molecular formula is C16H23NO4. The Morgan fingerprint density at radius 1 is 1.33 bits per heavy atom. The Balaban J connectivity index is 2.13. The molecule has 1 aliphatic heterocycles. The van der Waals surface area contributed by atoms with Gasteiger partial charge in [-0.15, -0.1) is 0 Å². The molecule has 2 aliphatic rings. The molecule has 0 bridgehead atoms. The topological polar surface area (TPSA) is 66.8 Å². The summed E-state index contributed by atoms with van der Waals surface area (Å²) in [6, 6.07) is 0. The number of piperidine rings is 1. The fourth-order valence-corrected chi connectivity index (χ4v) is 2.78. The van der Waals surface area contributed by atoms with Gasteiger partial charge in [-0.2, -0.15) is 0 Å². The van der Waals surface area contributed by atoms with Crippen molar-refractivity contribution in [1.29, 1.82) is 0 Å². The fourth-order valence-electron chi connectivity index (χ4n) is 2.78. The normalized spacial score (nSPS) is 25.6. The first-order chi connectivity index (χ1) is 9.61. The number of hydrogen-bond acceptors (Lipinski definition) is 3. The number of nitrogens with zero attached hydrogens (tertiary/aromatic N) is 1. The van der Waals surface area contributed by atoms with Gasteiger partial charge < -0.3 is 14.7 Å². The summed E-state index contributed by atoms with van der Waals surface area (Å²) < 4.78 is 5.40. The fraction of sp³-hybridized carbons (Fsp3) is 0.625. The standard InChI is InChI=1S/C16H23NO4/c1-15(2,3)21-14(20)17-8-7-16(4)9-11(13(18)19)5-6-12(16)10-17/h5-6H,7-10H2,1-4H3,(H,18,19). The highest BCUT2D eigenvalue weighted by atomic mass is 16.6. The van der Waals surface area contributed by atoms with E-state index in [1.165, 1.54) is 0 Å². The minimum absolute atomic E-state index is 0.166. The van der Waals surface area contributed by atoms with Crippen molar-refractivity contribution in [2.75, 3.05) is 13.1 Å². The molecule has 5 nitrogen and oxygen atoms in total. The van der Waals surface area contributed by atoms with Crippen LogP contribution in [-0.2, 0) is 9.53 Å². The molecule has 0 aromatic rings. The molecule has 1 saturated heterocycles. The summed E-state index contributed by atoms with van der Waals surface area (Å²) in [4.78, 5) is 24.9. The van der Waals surface area contributed by atoms with Crippen LogP contribution in [0.1, 0.15) is 40.5 Å². The van der Waals surface area contributed by atoms with E-state index < -0.39 is 11.6 Å². The SMILES string of the molecule is CC(C)(C)OC(=O)N1CCC2(C)CC(C(=O)O)=CC=C2C1.